The van der Waals surface area contributed by atoms with Crippen molar-refractivity contribution in [3.05, 3.63) is 43.5 Å². The van der Waals surface area contributed by atoms with Crippen LogP contribution in [0.2, 0.25) is 0 Å². The Bertz CT molecular complexity index is 618. The molecule has 8 nitrogen and oxygen atoms in total. The van der Waals surface area contributed by atoms with Crippen LogP contribution in [0.1, 0.15) is 37.8 Å². The number of nitrogens with zero attached hydrogens (tertiary/aromatic N) is 2. The molecule has 1 unspecified atom stereocenters. The van der Waals surface area contributed by atoms with Crippen LogP contribution in [0, 0.1) is 32.6 Å². The van der Waals surface area contributed by atoms with Crippen LogP contribution in [0.15, 0.2) is 12.1 Å². The minimum atomic E-state index is -1.21. The topological polar surface area (TPSA) is 124 Å². The van der Waals surface area contributed by atoms with Crippen LogP contribution in [-0.4, -0.2) is 20.9 Å². The number of aliphatic carboxylic acids is 1. The summed E-state index contributed by atoms with van der Waals surface area (Å²) >= 11 is 0. The van der Waals surface area contributed by atoms with Gasteiger partial charge in [0.05, 0.1) is 15.8 Å². The van der Waals surface area contributed by atoms with Gasteiger partial charge in [-0.3, -0.25) is 25.0 Å². The zero-order valence-corrected chi connectivity index (χ0v) is 12.1. The molecule has 0 amide bonds. The van der Waals surface area contributed by atoms with Crippen molar-refractivity contribution >= 4 is 17.3 Å². The highest BCUT2D eigenvalue weighted by Gasteiger charge is 2.39. The van der Waals surface area contributed by atoms with Gasteiger partial charge in [-0.05, 0) is 18.4 Å². The molecule has 114 valence electrons. The van der Waals surface area contributed by atoms with Gasteiger partial charge in [-0.2, -0.15) is 0 Å². The molecule has 1 N–H and O–H groups in total. The summed E-state index contributed by atoms with van der Waals surface area (Å²) in [7, 11) is 0. The average Bonchev–Trinajstić information content (AvgIpc) is 2.25. The van der Waals surface area contributed by atoms with Gasteiger partial charge in [-0.25, -0.2) is 0 Å². The quantitative estimate of drug-likeness (QED) is 0.672. The average molecular weight is 296 g/mol. The van der Waals surface area contributed by atoms with Gasteiger partial charge in [-0.1, -0.05) is 20.8 Å². The Balaban J connectivity index is 3.71. The number of nitro groups is 2. The van der Waals surface area contributed by atoms with E-state index in [2.05, 4.69) is 0 Å². The molecule has 0 aliphatic carbocycles. The molecule has 21 heavy (non-hydrogen) atoms. The zero-order chi connectivity index (χ0) is 16.5. The third-order valence-electron chi connectivity index (χ3n) is 3.24. The number of carboxylic acid groups (broad SMARTS) is 1. The maximum Gasteiger partial charge on any atom is 0.311 e. The highest BCUT2D eigenvalue weighted by molar-refractivity contribution is 5.80. The predicted molar refractivity (Wildman–Crippen MR) is 74.3 cm³/mol. The Morgan fingerprint density at radius 2 is 1.71 bits per heavy atom. The smallest absolute Gasteiger partial charge is 0.311 e. The summed E-state index contributed by atoms with van der Waals surface area (Å²) in [5, 5.41) is 31.5. The van der Waals surface area contributed by atoms with E-state index in [0.29, 0.717) is 0 Å². The molecule has 0 heterocycles. The Labute approximate surface area is 120 Å². The summed E-state index contributed by atoms with van der Waals surface area (Å²) < 4.78 is 0. The normalized spacial score (nSPS) is 12.8. The van der Waals surface area contributed by atoms with Crippen molar-refractivity contribution in [3.8, 4) is 0 Å². The highest BCUT2D eigenvalue weighted by atomic mass is 16.6. The second-order valence-corrected chi connectivity index (χ2v) is 5.80. The minimum Gasteiger partial charge on any atom is -0.481 e. The van der Waals surface area contributed by atoms with Crippen molar-refractivity contribution in [2.45, 2.75) is 33.6 Å². The van der Waals surface area contributed by atoms with Gasteiger partial charge in [0.1, 0.15) is 5.56 Å². The van der Waals surface area contributed by atoms with Crippen LogP contribution in [0.25, 0.3) is 0 Å². The first-order chi connectivity index (χ1) is 9.48. The minimum absolute atomic E-state index is 0.0249. The number of carbonyl (C=O) groups is 1. The fraction of sp³-hybridized carbons (Fsp3) is 0.462. The van der Waals surface area contributed by atoms with E-state index in [1.165, 1.54) is 6.92 Å². The predicted octanol–water partition coefficient (Wildman–Crippen LogP) is 3.03. The number of hydrogen-bond donors (Lipinski definition) is 1. The number of rotatable bonds is 4. The first kappa shape index (κ1) is 16.5. The molecular weight excluding hydrogens is 280 g/mol. The summed E-state index contributed by atoms with van der Waals surface area (Å²) in [6.07, 6.45) is 0. The second-order valence-electron chi connectivity index (χ2n) is 5.80. The molecule has 0 aliphatic rings. The molecule has 0 aliphatic heterocycles. The summed E-state index contributed by atoms with van der Waals surface area (Å²) in [5.41, 5.74) is -1.85. The van der Waals surface area contributed by atoms with Gasteiger partial charge in [0, 0.05) is 11.6 Å². The van der Waals surface area contributed by atoms with Crippen LogP contribution in [0.5, 0.6) is 0 Å². The third kappa shape index (κ3) is 3.15. The largest absolute Gasteiger partial charge is 0.481 e. The van der Waals surface area contributed by atoms with Crippen molar-refractivity contribution < 1.29 is 19.7 Å². The fourth-order valence-electron chi connectivity index (χ4n) is 2.35. The number of nitro benzene ring substituents is 2. The Morgan fingerprint density at radius 1 is 1.19 bits per heavy atom. The van der Waals surface area contributed by atoms with E-state index in [0.717, 1.165) is 12.1 Å². The van der Waals surface area contributed by atoms with Crippen molar-refractivity contribution in [1.29, 1.82) is 0 Å². The molecule has 0 saturated heterocycles. The van der Waals surface area contributed by atoms with Crippen molar-refractivity contribution in [3.63, 3.8) is 0 Å². The third-order valence-corrected chi connectivity index (χ3v) is 3.24. The van der Waals surface area contributed by atoms with Crippen LogP contribution in [-0.2, 0) is 4.79 Å². The van der Waals surface area contributed by atoms with E-state index < -0.39 is 38.5 Å². The van der Waals surface area contributed by atoms with E-state index in [1.807, 2.05) is 0 Å². The van der Waals surface area contributed by atoms with E-state index in [9.17, 15) is 30.1 Å². The zero-order valence-electron chi connectivity index (χ0n) is 12.1. The van der Waals surface area contributed by atoms with Crippen molar-refractivity contribution in [2.75, 3.05) is 0 Å². The summed E-state index contributed by atoms with van der Waals surface area (Å²) in [4.78, 5) is 32.1. The maximum atomic E-state index is 11.5. The monoisotopic (exact) mass is 296 g/mol. The van der Waals surface area contributed by atoms with Gasteiger partial charge in [-0.15, -0.1) is 0 Å². The molecule has 0 bridgehead atoms. The molecule has 0 fully saturated rings. The van der Waals surface area contributed by atoms with Gasteiger partial charge in [0.2, 0.25) is 0 Å². The molecular formula is C13H16N2O6. The van der Waals surface area contributed by atoms with Crippen LogP contribution >= 0.6 is 0 Å². The molecule has 8 heteroatoms. The standard InChI is InChI=1S/C13H16N2O6/c1-7-9(14(18)19)6-5-8(11(7)15(20)21)10(12(16)17)13(2,3)4/h5-6,10H,1-4H3,(H,16,17). The van der Waals surface area contributed by atoms with Gasteiger partial charge < -0.3 is 5.11 Å². The number of benzene rings is 1. The number of carboxylic acids is 1. The van der Waals surface area contributed by atoms with E-state index >= 15 is 0 Å². The van der Waals surface area contributed by atoms with Crippen LogP contribution in [0.4, 0.5) is 11.4 Å². The lowest BCUT2D eigenvalue weighted by Crippen LogP contribution is -2.27. The molecule has 0 aromatic heterocycles. The van der Waals surface area contributed by atoms with E-state index in [1.54, 1.807) is 20.8 Å². The highest BCUT2D eigenvalue weighted by Crippen LogP contribution is 2.42. The molecule has 0 saturated carbocycles. The summed E-state index contributed by atoms with van der Waals surface area (Å²) in [6.45, 7) is 6.19. The summed E-state index contributed by atoms with van der Waals surface area (Å²) in [6, 6.07) is 2.27. The molecule has 1 aromatic carbocycles. The number of hydrogen-bond acceptors (Lipinski definition) is 5. The molecule has 1 aromatic rings. The SMILES string of the molecule is Cc1c([N+](=O)[O-])ccc(C(C(=O)O)C(C)(C)C)c1[N+](=O)[O-]. The Morgan fingerprint density at radius 3 is 2.05 bits per heavy atom. The second kappa shape index (κ2) is 5.47. The summed E-state index contributed by atoms with van der Waals surface area (Å²) in [5.74, 6) is -2.35. The molecule has 0 radical (unpaired) electrons. The molecule has 1 rings (SSSR count). The van der Waals surface area contributed by atoms with Crippen molar-refractivity contribution in [2.24, 2.45) is 5.41 Å². The molecule has 0 spiro atoms. The fourth-order valence-corrected chi connectivity index (χ4v) is 2.35. The van der Waals surface area contributed by atoms with Gasteiger partial charge >= 0.3 is 5.97 Å². The Hall–Kier alpha value is -2.51. The van der Waals surface area contributed by atoms with Crippen LogP contribution in [0.3, 0.4) is 0 Å². The lowest BCUT2D eigenvalue weighted by atomic mass is 9.75. The van der Waals surface area contributed by atoms with Gasteiger partial charge in [0.25, 0.3) is 11.4 Å². The van der Waals surface area contributed by atoms with Crippen molar-refractivity contribution in [1.82, 2.24) is 0 Å². The Kier molecular flexibility index (Phi) is 4.31. The van der Waals surface area contributed by atoms with E-state index in [-0.39, 0.29) is 11.1 Å². The van der Waals surface area contributed by atoms with Crippen LogP contribution < -0.4 is 0 Å². The first-order valence-corrected chi connectivity index (χ1v) is 6.13. The van der Waals surface area contributed by atoms with Gasteiger partial charge in [0.15, 0.2) is 0 Å². The first-order valence-electron chi connectivity index (χ1n) is 6.13. The van der Waals surface area contributed by atoms with E-state index in [4.69, 9.17) is 0 Å². The molecule has 1 atom stereocenters. The lowest BCUT2D eigenvalue weighted by molar-refractivity contribution is -0.395. The lowest BCUT2D eigenvalue weighted by Gasteiger charge is -2.27. The maximum absolute atomic E-state index is 11.5.